The molecule has 0 atom stereocenters. The fourth-order valence-corrected chi connectivity index (χ4v) is 1.42. The van der Waals surface area contributed by atoms with Gasteiger partial charge in [0.25, 0.3) is 0 Å². The number of rotatable bonds is 7. The maximum atomic E-state index is 10.6. The number of hydrogen-bond donors (Lipinski definition) is 1. The first-order valence-corrected chi connectivity index (χ1v) is 6.42. The van der Waals surface area contributed by atoms with Crippen LogP contribution in [0, 0.1) is 11.3 Å². The number of ether oxygens (including phenoxy) is 1. The van der Waals surface area contributed by atoms with Gasteiger partial charge in [-0.25, -0.2) is 4.79 Å². The van der Waals surface area contributed by atoms with Crippen LogP contribution in [0.15, 0.2) is 42.0 Å². The zero-order chi connectivity index (χ0) is 14.8. The van der Waals surface area contributed by atoms with Crippen LogP contribution in [0.5, 0.6) is 5.75 Å². The first-order valence-electron chi connectivity index (χ1n) is 6.42. The lowest BCUT2D eigenvalue weighted by molar-refractivity contribution is -0.132. The summed E-state index contributed by atoms with van der Waals surface area (Å²) in [6.07, 6.45) is 6.67. The Labute approximate surface area is 118 Å². The summed E-state index contributed by atoms with van der Waals surface area (Å²) in [5.74, 6) is -0.411. The van der Waals surface area contributed by atoms with Crippen LogP contribution in [0.2, 0.25) is 0 Å². The zero-order valence-corrected chi connectivity index (χ0v) is 11.4. The standard InChI is InChI=1S/C16H17NO3/c1-2-3-11-20-15-9-7-13(8-10-15)5-4-6-14(12-17)16(18)19/h4-10H,2-3,11H2,1H3,(H,18,19). The van der Waals surface area contributed by atoms with Crippen molar-refractivity contribution < 1.29 is 14.6 Å². The van der Waals surface area contributed by atoms with E-state index in [-0.39, 0.29) is 5.57 Å². The lowest BCUT2D eigenvalue weighted by Gasteiger charge is -2.04. The highest BCUT2D eigenvalue weighted by atomic mass is 16.5. The molecule has 0 bridgehead atoms. The second-order valence-corrected chi connectivity index (χ2v) is 4.13. The maximum absolute atomic E-state index is 10.6. The van der Waals surface area contributed by atoms with E-state index in [1.165, 1.54) is 6.08 Å². The zero-order valence-electron chi connectivity index (χ0n) is 11.4. The molecule has 20 heavy (non-hydrogen) atoms. The summed E-state index contributed by atoms with van der Waals surface area (Å²) in [4.78, 5) is 10.6. The van der Waals surface area contributed by atoms with Crippen LogP contribution < -0.4 is 4.74 Å². The predicted octanol–water partition coefficient (Wildman–Crippen LogP) is 3.41. The normalized spacial score (nSPS) is 11.3. The largest absolute Gasteiger partial charge is 0.494 e. The van der Waals surface area contributed by atoms with E-state index >= 15 is 0 Å². The van der Waals surface area contributed by atoms with Crippen LogP contribution in [0.4, 0.5) is 0 Å². The van der Waals surface area contributed by atoms with Crippen LogP contribution in [0.25, 0.3) is 6.08 Å². The molecule has 0 fully saturated rings. The molecule has 0 spiro atoms. The average Bonchev–Trinajstić information content (AvgIpc) is 2.45. The van der Waals surface area contributed by atoms with Crippen molar-refractivity contribution in [1.82, 2.24) is 0 Å². The van der Waals surface area contributed by atoms with Crippen molar-refractivity contribution in [1.29, 1.82) is 5.26 Å². The molecular weight excluding hydrogens is 254 g/mol. The van der Waals surface area contributed by atoms with Gasteiger partial charge in [-0.1, -0.05) is 37.6 Å². The van der Waals surface area contributed by atoms with Crippen molar-refractivity contribution in [2.75, 3.05) is 6.61 Å². The van der Waals surface area contributed by atoms with E-state index in [9.17, 15) is 4.79 Å². The quantitative estimate of drug-likeness (QED) is 0.357. The van der Waals surface area contributed by atoms with Gasteiger partial charge in [0.15, 0.2) is 0 Å². The lowest BCUT2D eigenvalue weighted by Crippen LogP contribution is -1.96. The topological polar surface area (TPSA) is 70.3 Å². The Bertz CT molecular complexity index is 536. The van der Waals surface area contributed by atoms with Gasteiger partial charge in [0.2, 0.25) is 0 Å². The monoisotopic (exact) mass is 271 g/mol. The van der Waals surface area contributed by atoms with Gasteiger partial charge in [-0.3, -0.25) is 0 Å². The van der Waals surface area contributed by atoms with Crippen molar-refractivity contribution >= 4 is 12.0 Å². The summed E-state index contributed by atoms with van der Waals surface area (Å²) in [5.41, 5.74) is 0.618. The molecule has 0 aliphatic rings. The van der Waals surface area contributed by atoms with Gasteiger partial charge in [-0.05, 0) is 30.2 Å². The van der Waals surface area contributed by atoms with E-state index in [0.29, 0.717) is 6.61 Å². The molecule has 0 saturated heterocycles. The molecule has 0 aliphatic heterocycles. The summed E-state index contributed by atoms with van der Waals surface area (Å²) in [6, 6.07) is 9.09. The summed E-state index contributed by atoms with van der Waals surface area (Å²) in [7, 11) is 0. The maximum Gasteiger partial charge on any atom is 0.346 e. The van der Waals surface area contributed by atoms with Crippen LogP contribution in [-0.2, 0) is 4.79 Å². The Morgan fingerprint density at radius 3 is 2.65 bits per heavy atom. The molecular formula is C16H17NO3. The van der Waals surface area contributed by atoms with E-state index < -0.39 is 5.97 Å². The third kappa shape index (κ3) is 5.40. The fourth-order valence-electron chi connectivity index (χ4n) is 1.42. The molecule has 0 radical (unpaired) electrons. The summed E-state index contributed by atoms with van der Waals surface area (Å²) >= 11 is 0. The van der Waals surface area contributed by atoms with Crippen LogP contribution in [0.3, 0.4) is 0 Å². The minimum Gasteiger partial charge on any atom is -0.494 e. The molecule has 1 N–H and O–H groups in total. The molecule has 0 unspecified atom stereocenters. The predicted molar refractivity (Wildman–Crippen MR) is 77.2 cm³/mol. The van der Waals surface area contributed by atoms with Crippen molar-refractivity contribution in [2.24, 2.45) is 0 Å². The first kappa shape index (κ1) is 15.5. The Hall–Kier alpha value is -2.54. The van der Waals surface area contributed by atoms with Crippen LogP contribution in [-0.4, -0.2) is 17.7 Å². The molecule has 1 rings (SSSR count). The highest BCUT2D eigenvalue weighted by molar-refractivity contribution is 5.91. The summed E-state index contributed by atoms with van der Waals surface area (Å²) in [5, 5.41) is 17.3. The van der Waals surface area contributed by atoms with E-state index in [0.717, 1.165) is 24.2 Å². The summed E-state index contributed by atoms with van der Waals surface area (Å²) in [6.45, 7) is 2.82. The second kappa shape index (κ2) is 8.54. The number of carboxylic acid groups (broad SMARTS) is 1. The van der Waals surface area contributed by atoms with E-state index in [1.54, 1.807) is 18.2 Å². The highest BCUT2D eigenvalue weighted by Crippen LogP contribution is 2.13. The number of carbonyl (C=O) groups is 1. The van der Waals surface area contributed by atoms with Crippen LogP contribution in [0.1, 0.15) is 25.3 Å². The second-order valence-electron chi connectivity index (χ2n) is 4.13. The molecule has 0 saturated carbocycles. The Morgan fingerprint density at radius 1 is 1.40 bits per heavy atom. The van der Waals surface area contributed by atoms with Crippen molar-refractivity contribution in [3.63, 3.8) is 0 Å². The van der Waals surface area contributed by atoms with Gasteiger partial charge in [0.1, 0.15) is 17.4 Å². The number of aliphatic carboxylic acids is 1. The minimum atomic E-state index is -1.23. The Balaban J connectivity index is 2.61. The molecule has 0 aromatic heterocycles. The SMILES string of the molecule is CCCCOc1ccc(C=CC=C(C#N)C(=O)O)cc1. The Morgan fingerprint density at radius 2 is 2.10 bits per heavy atom. The van der Waals surface area contributed by atoms with Crippen LogP contribution >= 0.6 is 0 Å². The first-order chi connectivity index (χ1) is 9.67. The third-order valence-corrected chi connectivity index (χ3v) is 2.55. The van der Waals surface area contributed by atoms with Crippen molar-refractivity contribution in [3.8, 4) is 11.8 Å². The minimum absolute atomic E-state index is 0.291. The van der Waals surface area contributed by atoms with Crippen molar-refractivity contribution in [2.45, 2.75) is 19.8 Å². The van der Waals surface area contributed by atoms with Gasteiger partial charge in [0, 0.05) is 0 Å². The molecule has 0 amide bonds. The number of hydrogen-bond acceptors (Lipinski definition) is 3. The molecule has 104 valence electrons. The van der Waals surface area contributed by atoms with E-state index in [1.807, 2.05) is 24.3 Å². The third-order valence-electron chi connectivity index (χ3n) is 2.55. The van der Waals surface area contributed by atoms with Crippen molar-refractivity contribution in [3.05, 3.63) is 47.6 Å². The molecule has 4 heteroatoms. The number of carboxylic acids is 1. The molecule has 0 aliphatic carbocycles. The molecule has 0 heterocycles. The number of nitriles is 1. The number of allylic oxidation sites excluding steroid dienone is 2. The van der Waals surface area contributed by atoms with Gasteiger partial charge in [0.05, 0.1) is 6.61 Å². The van der Waals surface area contributed by atoms with Gasteiger partial charge >= 0.3 is 5.97 Å². The highest BCUT2D eigenvalue weighted by Gasteiger charge is 2.02. The number of nitrogens with zero attached hydrogens (tertiary/aromatic N) is 1. The van der Waals surface area contributed by atoms with E-state index in [4.69, 9.17) is 15.1 Å². The average molecular weight is 271 g/mol. The fraction of sp³-hybridized carbons (Fsp3) is 0.250. The number of benzene rings is 1. The van der Waals surface area contributed by atoms with Gasteiger partial charge in [-0.15, -0.1) is 0 Å². The lowest BCUT2D eigenvalue weighted by atomic mass is 10.2. The smallest absolute Gasteiger partial charge is 0.346 e. The summed E-state index contributed by atoms with van der Waals surface area (Å²) < 4.78 is 5.54. The molecule has 4 nitrogen and oxygen atoms in total. The Kier molecular flexibility index (Phi) is 6.63. The molecule has 1 aromatic rings. The van der Waals surface area contributed by atoms with E-state index in [2.05, 4.69) is 6.92 Å². The van der Waals surface area contributed by atoms with Gasteiger partial charge < -0.3 is 9.84 Å². The molecule has 1 aromatic carbocycles. The number of unbranched alkanes of at least 4 members (excludes halogenated alkanes) is 1. The van der Waals surface area contributed by atoms with Gasteiger partial charge in [-0.2, -0.15) is 5.26 Å².